The van der Waals surface area contributed by atoms with Crippen LogP contribution < -0.4 is 4.90 Å². The maximum Gasteiger partial charge on any atom is 0.355 e. The van der Waals surface area contributed by atoms with E-state index in [-0.39, 0.29) is 17.8 Å². The lowest BCUT2D eigenvalue weighted by Crippen LogP contribution is -2.66. The quantitative estimate of drug-likeness (QED) is 0.580. The SMILES string of the molecule is COC(=O)C1=C(C(=O)OC)[C@]2(C(=O)N(Cc3ccccc3)c3ccccc32)C(C#N)(C#N)[C@H]2C=CC=CN12. The normalized spacial score (nSPS) is 22.4. The third-order valence-electron chi connectivity index (χ3n) is 7.33. The monoisotopic (exact) mass is 506 g/mol. The van der Waals surface area contributed by atoms with Crippen LogP contribution in [0.1, 0.15) is 11.1 Å². The highest BCUT2D eigenvalue weighted by Gasteiger charge is 2.74. The minimum Gasteiger partial charge on any atom is -0.466 e. The van der Waals surface area contributed by atoms with Crippen LogP contribution in [0.15, 0.2) is 90.3 Å². The Balaban J connectivity index is 1.94. The van der Waals surface area contributed by atoms with Crippen LogP contribution in [-0.4, -0.2) is 43.0 Å². The fourth-order valence-corrected chi connectivity index (χ4v) is 5.77. The number of carbonyl (C=O) groups is 3. The van der Waals surface area contributed by atoms with Gasteiger partial charge in [-0.05, 0) is 23.3 Å². The number of nitriles is 2. The van der Waals surface area contributed by atoms with E-state index in [0.29, 0.717) is 5.69 Å². The van der Waals surface area contributed by atoms with E-state index in [2.05, 4.69) is 12.1 Å². The molecule has 0 bridgehead atoms. The average molecular weight is 507 g/mol. The molecular formula is C29H22N4O5. The first-order valence-corrected chi connectivity index (χ1v) is 11.8. The van der Waals surface area contributed by atoms with Crippen LogP contribution in [-0.2, 0) is 35.8 Å². The summed E-state index contributed by atoms with van der Waals surface area (Å²) in [6.45, 7) is 0.109. The van der Waals surface area contributed by atoms with Crippen molar-refractivity contribution < 1.29 is 23.9 Å². The number of rotatable bonds is 4. The molecule has 0 N–H and O–H groups in total. The summed E-state index contributed by atoms with van der Waals surface area (Å²) in [7, 11) is 2.27. The summed E-state index contributed by atoms with van der Waals surface area (Å²) >= 11 is 0. The van der Waals surface area contributed by atoms with Gasteiger partial charge in [0.25, 0.3) is 0 Å². The molecular weight excluding hydrogens is 484 g/mol. The Labute approximate surface area is 219 Å². The topological polar surface area (TPSA) is 124 Å². The van der Waals surface area contributed by atoms with Crippen molar-refractivity contribution in [1.29, 1.82) is 10.5 Å². The van der Waals surface area contributed by atoms with E-state index in [0.717, 1.165) is 19.8 Å². The summed E-state index contributed by atoms with van der Waals surface area (Å²) in [6, 6.07) is 19.0. The number of anilines is 1. The van der Waals surface area contributed by atoms with Crippen LogP contribution in [0.2, 0.25) is 0 Å². The minimum absolute atomic E-state index is 0.109. The molecule has 3 heterocycles. The Morgan fingerprint density at radius 3 is 2.26 bits per heavy atom. The summed E-state index contributed by atoms with van der Waals surface area (Å²) in [5.41, 5.74) is -3.58. The zero-order valence-electron chi connectivity index (χ0n) is 20.6. The number of esters is 2. The van der Waals surface area contributed by atoms with Crippen LogP contribution in [0.3, 0.4) is 0 Å². The second-order valence-electron chi connectivity index (χ2n) is 8.96. The molecule has 0 saturated carbocycles. The molecule has 9 heteroatoms. The van der Waals surface area contributed by atoms with E-state index in [9.17, 15) is 24.9 Å². The average Bonchev–Trinajstić information content (AvgIpc) is 3.21. The molecule has 0 aromatic heterocycles. The molecule has 38 heavy (non-hydrogen) atoms. The second kappa shape index (κ2) is 9.06. The van der Waals surface area contributed by atoms with Crippen LogP contribution in [0.25, 0.3) is 0 Å². The lowest BCUT2D eigenvalue weighted by atomic mass is 9.52. The molecule has 0 aliphatic carbocycles. The number of nitrogens with zero attached hydrogens (tertiary/aromatic N) is 4. The summed E-state index contributed by atoms with van der Waals surface area (Å²) in [5.74, 6) is -2.62. The second-order valence-corrected chi connectivity index (χ2v) is 8.96. The standard InChI is InChI=1S/C29H22N4O5/c1-37-25(34)23-24(26(35)38-2)32-15-9-8-14-22(32)28(17-30,18-31)29(23)20-12-6-7-13-21(20)33(27(29)36)16-19-10-4-3-5-11-19/h3-15,22H,16H2,1-2H3/t22-,29-/m1/s1. The number of carbonyl (C=O) groups excluding carboxylic acids is 3. The molecule has 0 saturated heterocycles. The fraction of sp³-hybridized carbons (Fsp3) is 0.207. The molecule has 2 atom stereocenters. The number of methoxy groups -OCH3 is 2. The molecule has 9 nitrogen and oxygen atoms in total. The Bertz CT molecular complexity index is 1510. The van der Waals surface area contributed by atoms with Gasteiger partial charge in [0.1, 0.15) is 11.1 Å². The molecule has 0 radical (unpaired) electrons. The lowest BCUT2D eigenvalue weighted by molar-refractivity contribution is -0.144. The predicted octanol–water partition coefficient (Wildman–Crippen LogP) is 2.87. The van der Waals surface area contributed by atoms with Gasteiger partial charge in [0.15, 0.2) is 5.41 Å². The van der Waals surface area contributed by atoms with E-state index in [1.54, 1.807) is 42.5 Å². The smallest absolute Gasteiger partial charge is 0.355 e. The third-order valence-corrected chi connectivity index (χ3v) is 7.33. The molecule has 1 spiro atoms. The number of para-hydroxylation sites is 1. The van der Waals surface area contributed by atoms with Gasteiger partial charge in [-0.25, -0.2) is 9.59 Å². The Kier molecular flexibility index (Phi) is 5.85. The van der Waals surface area contributed by atoms with Gasteiger partial charge in [-0.3, -0.25) is 4.79 Å². The number of hydrogen-bond acceptors (Lipinski definition) is 8. The molecule has 2 aromatic carbocycles. The highest BCUT2D eigenvalue weighted by molar-refractivity contribution is 6.19. The highest BCUT2D eigenvalue weighted by Crippen LogP contribution is 2.62. The molecule has 2 aromatic rings. The molecule has 3 aliphatic heterocycles. The Morgan fingerprint density at radius 1 is 0.947 bits per heavy atom. The first kappa shape index (κ1) is 24.5. The molecule has 5 rings (SSSR count). The Hall–Kier alpha value is -5.15. The largest absolute Gasteiger partial charge is 0.466 e. The van der Waals surface area contributed by atoms with Crippen LogP contribution in [0.4, 0.5) is 5.69 Å². The van der Waals surface area contributed by atoms with E-state index < -0.39 is 40.3 Å². The zero-order chi connectivity index (χ0) is 27.1. The fourth-order valence-electron chi connectivity index (χ4n) is 5.77. The van der Waals surface area contributed by atoms with Crippen LogP contribution >= 0.6 is 0 Å². The predicted molar refractivity (Wildman–Crippen MR) is 134 cm³/mol. The van der Waals surface area contributed by atoms with Crippen molar-refractivity contribution in [3.05, 3.63) is 101 Å². The molecule has 0 unspecified atom stereocenters. The number of allylic oxidation sites excluding steroid dienone is 2. The summed E-state index contributed by atoms with van der Waals surface area (Å²) in [5, 5.41) is 21.5. The summed E-state index contributed by atoms with van der Waals surface area (Å²) in [4.78, 5) is 44.5. The van der Waals surface area contributed by atoms with E-state index in [4.69, 9.17) is 9.47 Å². The van der Waals surface area contributed by atoms with Gasteiger partial charge in [0, 0.05) is 11.9 Å². The number of fused-ring (bicyclic) bond motifs is 3. The van der Waals surface area contributed by atoms with Gasteiger partial charge in [-0.1, -0.05) is 60.7 Å². The number of ether oxygens (including phenoxy) is 2. The van der Waals surface area contributed by atoms with Crippen molar-refractivity contribution >= 4 is 23.5 Å². The first-order valence-electron chi connectivity index (χ1n) is 11.8. The number of hydrogen-bond donors (Lipinski definition) is 0. The summed E-state index contributed by atoms with van der Waals surface area (Å²) in [6.07, 6.45) is 6.27. The van der Waals surface area contributed by atoms with Gasteiger partial charge < -0.3 is 19.3 Å². The van der Waals surface area contributed by atoms with Gasteiger partial charge >= 0.3 is 11.9 Å². The molecule has 3 aliphatic rings. The summed E-state index contributed by atoms with van der Waals surface area (Å²) < 4.78 is 10.2. The van der Waals surface area contributed by atoms with Crippen molar-refractivity contribution in [2.75, 3.05) is 19.1 Å². The molecule has 188 valence electrons. The van der Waals surface area contributed by atoms with Crippen LogP contribution in [0.5, 0.6) is 0 Å². The van der Waals surface area contributed by atoms with Gasteiger partial charge in [0.05, 0.1) is 44.5 Å². The van der Waals surface area contributed by atoms with E-state index >= 15 is 0 Å². The molecule has 0 fully saturated rings. The van der Waals surface area contributed by atoms with Crippen molar-refractivity contribution in [2.45, 2.75) is 18.0 Å². The Morgan fingerprint density at radius 2 is 1.61 bits per heavy atom. The van der Waals surface area contributed by atoms with Gasteiger partial charge in [-0.15, -0.1) is 0 Å². The maximum absolute atomic E-state index is 14.8. The van der Waals surface area contributed by atoms with E-state index in [1.165, 1.54) is 16.0 Å². The zero-order valence-corrected chi connectivity index (χ0v) is 20.6. The number of benzene rings is 2. The molecule has 1 amide bonds. The minimum atomic E-state index is -2.20. The third kappa shape index (κ3) is 2.99. The van der Waals surface area contributed by atoms with Crippen molar-refractivity contribution in [3.63, 3.8) is 0 Å². The van der Waals surface area contributed by atoms with Gasteiger partial charge in [0.2, 0.25) is 5.91 Å². The van der Waals surface area contributed by atoms with Gasteiger partial charge in [-0.2, -0.15) is 10.5 Å². The van der Waals surface area contributed by atoms with Crippen molar-refractivity contribution in [3.8, 4) is 12.1 Å². The maximum atomic E-state index is 14.8. The highest BCUT2D eigenvalue weighted by atomic mass is 16.5. The van der Waals surface area contributed by atoms with Crippen LogP contribution in [0, 0.1) is 28.1 Å². The van der Waals surface area contributed by atoms with Crippen molar-refractivity contribution in [1.82, 2.24) is 4.90 Å². The number of amides is 1. The van der Waals surface area contributed by atoms with E-state index in [1.807, 2.05) is 30.3 Å². The first-order chi connectivity index (χ1) is 18.4. The lowest BCUT2D eigenvalue weighted by Gasteiger charge is -2.51. The van der Waals surface area contributed by atoms with Crippen molar-refractivity contribution in [2.24, 2.45) is 5.41 Å².